The fourth-order valence-corrected chi connectivity index (χ4v) is 2.31. The Kier molecular flexibility index (Phi) is 4.93. The maximum Gasteiger partial charge on any atom is 0.325 e. The summed E-state index contributed by atoms with van der Waals surface area (Å²) in [6.45, 7) is 1.89. The summed E-state index contributed by atoms with van der Waals surface area (Å²) < 4.78 is 13.4. The smallest absolute Gasteiger partial charge is 0.325 e. The molecule has 3 rings (SSSR count). The van der Waals surface area contributed by atoms with Gasteiger partial charge in [-0.25, -0.2) is 4.98 Å². The normalized spacial score (nSPS) is 10.4. The van der Waals surface area contributed by atoms with E-state index >= 15 is 0 Å². The Balaban J connectivity index is 1.81. The van der Waals surface area contributed by atoms with Gasteiger partial charge in [-0.3, -0.25) is 0 Å². The molecule has 0 aliphatic rings. The number of benzene rings is 2. The third kappa shape index (κ3) is 4.30. The molecule has 0 unspecified atom stereocenters. The topological polar surface area (TPSA) is 44.2 Å². The molecule has 1 heterocycles. The van der Waals surface area contributed by atoms with E-state index in [0.717, 1.165) is 14.5 Å². The highest BCUT2D eigenvalue weighted by molar-refractivity contribution is 9.10. The van der Waals surface area contributed by atoms with E-state index in [2.05, 4.69) is 41.8 Å². The van der Waals surface area contributed by atoms with E-state index in [-0.39, 0.29) is 6.01 Å². The van der Waals surface area contributed by atoms with E-state index in [4.69, 9.17) is 9.47 Å². The summed E-state index contributed by atoms with van der Waals surface area (Å²) in [5, 5.41) is 0. The van der Waals surface area contributed by atoms with Crippen LogP contribution in [0.3, 0.4) is 0 Å². The maximum atomic E-state index is 5.80. The molecular weight excluding hydrogens is 424 g/mol. The second kappa shape index (κ2) is 7.10. The van der Waals surface area contributed by atoms with E-state index in [1.165, 1.54) is 0 Å². The van der Waals surface area contributed by atoms with Crippen molar-refractivity contribution in [3.63, 3.8) is 0 Å². The Bertz CT molecular complexity index is 806. The highest BCUT2D eigenvalue weighted by Gasteiger charge is 2.08. The lowest BCUT2D eigenvalue weighted by Gasteiger charge is -2.09. The first kappa shape index (κ1) is 16.0. The predicted octanol–water partition coefficient (Wildman–Crippen LogP) is 5.89. The van der Waals surface area contributed by atoms with Crippen LogP contribution in [0.1, 0.15) is 5.56 Å². The molecule has 0 aliphatic heterocycles. The van der Waals surface area contributed by atoms with Crippen LogP contribution in [0.15, 0.2) is 63.7 Å². The molecule has 0 aliphatic carbocycles. The Morgan fingerprint density at radius 3 is 1.87 bits per heavy atom. The van der Waals surface area contributed by atoms with Crippen molar-refractivity contribution in [3.8, 4) is 23.4 Å². The molecule has 0 N–H and O–H groups in total. The van der Waals surface area contributed by atoms with E-state index < -0.39 is 0 Å². The molecule has 0 fully saturated rings. The molecule has 6 heteroatoms. The van der Waals surface area contributed by atoms with Gasteiger partial charge >= 0.3 is 6.01 Å². The molecule has 0 saturated heterocycles. The van der Waals surface area contributed by atoms with Crippen molar-refractivity contribution < 1.29 is 9.47 Å². The summed E-state index contributed by atoms with van der Waals surface area (Å²) in [6.07, 6.45) is 1.68. The average molecular weight is 436 g/mol. The van der Waals surface area contributed by atoms with Gasteiger partial charge in [-0.1, -0.05) is 31.9 Å². The number of aryl methyl sites for hydroxylation is 1. The van der Waals surface area contributed by atoms with E-state index in [1.54, 1.807) is 6.20 Å². The van der Waals surface area contributed by atoms with Crippen LogP contribution in [0.5, 0.6) is 23.4 Å². The summed E-state index contributed by atoms with van der Waals surface area (Å²) in [5.74, 6) is 1.82. The molecule has 23 heavy (non-hydrogen) atoms. The molecule has 0 radical (unpaired) electrons. The number of halogens is 2. The van der Waals surface area contributed by atoms with Crippen LogP contribution in [-0.4, -0.2) is 9.97 Å². The second-order valence-electron chi connectivity index (χ2n) is 4.75. The van der Waals surface area contributed by atoms with E-state index in [1.807, 2.05) is 55.5 Å². The quantitative estimate of drug-likeness (QED) is 0.512. The molecular formula is C17H12Br2N2O2. The lowest BCUT2D eigenvalue weighted by Crippen LogP contribution is -1.97. The lowest BCUT2D eigenvalue weighted by molar-refractivity contribution is 0.409. The third-order valence-electron chi connectivity index (χ3n) is 2.95. The standard InChI is InChI=1S/C17H12Br2N2O2/c1-11-10-20-17(23-15-8-4-13(19)5-9-15)21-16(11)22-14-6-2-12(18)3-7-14/h2-10H,1H3. The molecule has 0 bridgehead atoms. The number of ether oxygens (including phenoxy) is 2. The zero-order valence-electron chi connectivity index (χ0n) is 12.2. The monoisotopic (exact) mass is 434 g/mol. The van der Waals surface area contributed by atoms with Gasteiger partial charge in [0.25, 0.3) is 0 Å². The lowest BCUT2D eigenvalue weighted by atomic mass is 10.3. The van der Waals surface area contributed by atoms with Gasteiger partial charge in [0, 0.05) is 20.7 Å². The molecule has 0 spiro atoms. The minimum Gasteiger partial charge on any atom is -0.439 e. The van der Waals surface area contributed by atoms with Crippen molar-refractivity contribution in [2.75, 3.05) is 0 Å². The van der Waals surface area contributed by atoms with Crippen LogP contribution in [0.2, 0.25) is 0 Å². The van der Waals surface area contributed by atoms with E-state index in [0.29, 0.717) is 17.4 Å². The Morgan fingerprint density at radius 2 is 1.30 bits per heavy atom. The summed E-state index contributed by atoms with van der Waals surface area (Å²) >= 11 is 6.78. The summed E-state index contributed by atoms with van der Waals surface area (Å²) in [7, 11) is 0. The number of hydrogen-bond donors (Lipinski definition) is 0. The van der Waals surface area contributed by atoms with Crippen LogP contribution in [-0.2, 0) is 0 Å². The highest BCUT2D eigenvalue weighted by Crippen LogP contribution is 2.27. The number of aromatic nitrogens is 2. The molecule has 2 aromatic carbocycles. The highest BCUT2D eigenvalue weighted by atomic mass is 79.9. The number of nitrogens with zero attached hydrogens (tertiary/aromatic N) is 2. The maximum absolute atomic E-state index is 5.80. The largest absolute Gasteiger partial charge is 0.439 e. The fraction of sp³-hybridized carbons (Fsp3) is 0.0588. The van der Waals surface area contributed by atoms with Gasteiger partial charge in [0.05, 0.1) is 0 Å². The summed E-state index contributed by atoms with van der Waals surface area (Å²) in [4.78, 5) is 8.51. The molecule has 0 atom stereocenters. The Labute approximate surface area is 150 Å². The average Bonchev–Trinajstić information content (AvgIpc) is 2.55. The van der Waals surface area contributed by atoms with Crippen molar-refractivity contribution in [2.45, 2.75) is 6.92 Å². The minimum atomic E-state index is 0.241. The zero-order valence-corrected chi connectivity index (χ0v) is 15.3. The van der Waals surface area contributed by atoms with Crippen molar-refractivity contribution in [2.24, 2.45) is 0 Å². The number of rotatable bonds is 4. The molecule has 0 amide bonds. The fourth-order valence-electron chi connectivity index (χ4n) is 1.79. The number of hydrogen-bond acceptors (Lipinski definition) is 4. The van der Waals surface area contributed by atoms with Gasteiger partial charge in [0.2, 0.25) is 5.88 Å². The Morgan fingerprint density at radius 1 is 0.783 bits per heavy atom. The first-order valence-electron chi connectivity index (χ1n) is 6.80. The van der Waals surface area contributed by atoms with Crippen molar-refractivity contribution in [1.29, 1.82) is 0 Å². The summed E-state index contributed by atoms with van der Waals surface area (Å²) in [5.41, 5.74) is 0.830. The predicted molar refractivity (Wildman–Crippen MR) is 95.2 cm³/mol. The van der Waals surface area contributed by atoms with Crippen LogP contribution >= 0.6 is 31.9 Å². The van der Waals surface area contributed by atoms with Crippen LogP contribution < -0.4 is 9.47 Å². The van der Waals surface area contributed by atoms with Gasteiger partial charge in [0.1, 0.15) is 11.5 Å². The molecule has 0 saturated carbocycles. The van der Waals surface area contributed by atoms with Crippen molar-refractivity contribution in [1.82, 2.24) is 9.97 Å². The molecule has 3 aromatic rings. The second-order valence-corrected chi connectivity index (χ2v) is 6.58. The van der Waals surface area contributed by atoms with Gasteiger partial charge in [0.15, 0.2) is 0 Å². The van der Waals surface area contributed by atoms with Gasteiger partial charge in [-0.2, -0.15) is 4.98 Å². The molecule has 1 aromatic heterocycles. The van der Waals surface area contributed by atoms with Crippen molar-refractivity contribution >= 4 is 31.9 Å². The van der Waals surface area contributed by atoms with Crippen molar-refractivity contribution in [3.05, 3.63) is 69.2 Å². The van der Waals surface area contributed by atoms with Gasteiger partial charge < -0.3 is 9.47 Å². The first-order valence-corrected chi connectivity index (χ1v) is 8.39. The first-order chi connectivity index (χ1) is 11.1. The SMILES string of the molecule is Cc1cnc(Oc2ccc(Br)cc2)nc1Oc1ccc(Br)cc1. The Hall–Kier alpha value is -1.92. The van der Waals surface area contributed by atoms with Gasteiger partial charge in [-0.15, -0.1) is 0 Å². The summed E-state index contributed by atoms with van der Waals surface area (Å²) in [6, 6.07) is 15.2. The van der Waals surface area contributed by atoms with Crippen LogP contribution in [0.25, 0.3) is 0 Å². The van der Waals surface area contributed by atoms with Gasteiger partial charge in [-0.05, 0) is 55.5 Å². The molecule has 4 nitrogen and oxygen atoms in total. The molecule has 116 valence electrons. The van der Waals surface area contributed by atoms with E-state index in [9.17, 15) is 0 Å². The van der Waals surface area contributed by atoms with Crippen LogP contribution in [0.4, 0.5) is 0 Å². The van der Waals surface area contributed by atoms with Crippen LogP contribution in [0, 0.1) is 6.92 Å². The zero-order chi connectivity index (χ0) is 16.2. The minimum absolute atomic E-state index is 0.241. The third-order valence-corrected chi connectivity index (χ3v) is 4.01.